The zero-order valence-electron chi connectivity index (χ0n) is 11.3. The van der Waals surface area contributed by atoms with Crippen LogP contribution in [0.1, 0.15) is 24.8 Å². The minimum atomic E-state index is 0.0949. The highest BCUT2D eigenvalue weighted by molar-refractivity contribution is 6.31. The molecule has 2 unspecified atom stereocenters. The van der Waals surface area contributed by atoms with Crippen molar-refractivity contribution in [1.82, 2.24) is 4.90 Å². The molecule has 0 bridgehead atoms. The Labute approximate surface area is 119 Å². The maximum absolute atomic E-state index is 12.5. The summed E-state index contributed by atoms with van der Waals surface area (Å²) in [6.45, 7) is 1.17. The Balaban J connectivity index is 2.02. The Bertz CT molecular complexity index is 450. The van der Waals surface area contributed by atoms with Gasteiger partial charge in [-0.15, -0.1) is 0 Å². The molecule has 0 radical (unpaired) electrons. The molecule has 0 aliphatic heterocycles. The standard InChI is InChI=1S/C15H21ClN2O/c1-18(10-12-5-2-3-8-14(12)16)15(19)13-7-4-6-11(13)9-17/h2-3,5,8,11,13H,4,6-7,9-10,17H2,1H3. The fraction of sp³-hybridized carbons (Fsp3) is 0.533. The maximum atomic E-state index is 12.5. The number of hydrogen-bond donors (Lipinski definition) is 1. The van der Waals surface area contributed by atoms with E-state index in [-0.39, 0.29) is 11.8 Å². The van der Waals surface area contributed by atoms with Gasteiger partial charge in [-0.1, -0.05) is 36.2 Å². The molecule has 1 aliphatic carbocycles. The van der Waals surface area contributed by atoms with Crippen molar-refractivity contribution in [3.63, 3.8) is 0 Å². The van der Waals surface area contributed by atoms with E-state index in [1.54, 1.807) is 4.90 Å². The molecule has 1 saturated carbocycles. The van der Waals surface area contributed by atoms with Gasteiger partial charge in [0.25, 0.3) is 0 Å². The molecular formula is C15H21ClN2O. The molecule has 2 atom stereocenters. The van der Waals surface area contributed by atoms with Crippen molar-refractivity contribution in [2.24, 2.45) is 17.6 Å². The van der Waals surface area contributed by atoms with E-state index in [1.807, 2.05) is 31.3 Å². The van der Waals surface area contributed by atoms with Crippen LogP contribution in [-0.4, -0.2) is 24.4 Å². The van der Waals surface area contributed by atoms with E-state index in [0.717, 1.165) is 24.8 Å². The predicted molar refractivity (Wildman–Crippen MR) is 77.8 cm³/mol. The molecule has 104 valence electrons. The third-order valence-electron chi connectivity index (χ3n) is 4.02. The molecule has 4 heteroatoms. The van der Waals surface area contributed by atoms with E-state index in [1.165, 1.54) is 0 Å². The average molecular weight is 281 g/mol. The van der Waals surface area contributed by atoms with Gasteiger partial charge in [0.1, 0.15) is 0 Å². The van der Waals surface area contributed by atoms with Crippen LogP contribution in [0.4, 0.5) is 0 Å². The number of halogens is 1. The third kappa shape index (κ3) is 3.28. The molecule has 2 rings (SSSR count). The predicted octanol–water partition coefficient (Wildman–Crippen LogP) is 2.67. The van der Waals surface area contributed by atoms with Crippen molar-refractivity contribution in [2.75, 3.05) is 13.6 Å². The number of rotatable bonds is 4. The normalized spacial score (nSPS) is 22.5. The quantitative estimate of drug-likeness (QED) is 0.922. The summed E-state index contributed by atoms with van der Waals surface area (Å²) in [4.78, 5) is 14.2. The lowest BCUT2D eigenvalue weighted by atomic mass is 9.95. The van der Waals surface area contributed by atoms with Crippen LogP contribution in [-0.2, 0) is 11.3 Å². The van der Waals surface area contributed by atoms with Gasteiger partial charge in [-0.2, -0.15) is 0 Å². The lowest BCUT2D eigenvalue weighted by molar-refractivity contribution is -0.135. The van der Waals surface area contributed by atoms with Crippen LogP contribution in [0.25, 0.3) is 0 Å². The highest BCUT2D eigenvalue weighted by Gasteiger charge is 2.33. The summed E-state index contributed by atoms with van der Waals surface area (Å²) < 4.78 is 0. The number of carbonyl (C=O) groups is 1. The molecule has 1 aromatic rings. The molecule has 0 spiro atoms. The number of nitrogens with two attached hydrogens (primary N) is 1. The van der Waals surface area contributed by atoms with Crippen molar-refractivity contribution in [3.05, 3.63) is 34.9 Å². The molecule has 19 heavy (non-hydrogen) atoms. The number of amides is 1. The van der Waals surface area contributed by atoms with Gasteiger partial charge >= 0.3 is 0 Å². The van der Waals surface area contributed by atoms with Crippen molar-refractivity contribution in [3.8, 4) is 0 Å². The fourth-order valence-electron chi connectivity index (χ4n) is 2.89. The van der Waals surface area contributed by atoms with Gasteiger partial charge in [0.05, 0.1) is 0 Å². The van der Waals surface area contributed by atoms with Gasteiger partial charge < -0.3 is 10.6 Å². The molecule has 3 nitrogen and oxygen atoms in total. The summed E-state index contributed by atoms with van der Waals surface area (Å²) in [5, 5.41) is 0.712. The first kappa shape index (κ1) is 14.4. The monoisotopic (exact) mass is 280 g/mol. The highest BCUT2D eigenvalue weighted by Crippen LogP contribution is 2.32. The first-order valence-corrected chi connectivity index (χ1v) is 7.19. The zero-order valence-corrected chi connectivity index (χ0v) is 12.1. The number of hydrogen-bond acceptors (Lipinski definition) is 2. The first-order valence-electron chi connectivity index (χ1n) is 6.82. The molecule has 1 aromatic carbocycles. The molecule has 0 aromatic heterocycles. The van der Waals surface area contributed by atoms with Crippen LogP contribution in [0.5, 0.6) is 0 Å². The topological polar surface area (TPSA) is 46.3 Å². The Morgan fingerprint density at radius 1 is 1.42 bits per heavy atom. The van der Waals surface area contributed by atoms with Gasteiger partial charge in [0.2, 0.25) is 5.91 Å². The summed E-state index contributed by atoms with van der Waals surface area (Å²) in [7, 11) is 1.84. The van der Waals surface area contributed by atoms with E-state index < -0.39 is 0 Å². The largest absolute Gasteiger partial charge is 0.341 e. The van der Waals surface area contributed by atoms with Crippen LogP contribution in [0.3, 0.4) is 0 Å². The molecule has 1 aliphatic rings. The van der Waals surface area contributed by atoms with Crippen LogP contribution in [0.2, 0.25) is 5.02 Å². The SMILES string of the molecule is CN(Cc1ccccc1Cl)C(=O)C1CCCC1CN. The van der Waals surface area contributed by atoms with Gasteiger partial charge in [-0.3, -0.25) is 4.79 Å². The number of nitrogens with zero attached hydrogens (tertiary/aromatic N) is 1. The molecule has 1 amide bonds. The smallest absolute Gasteiger partial charge is 0.226 e. The highest BCUT2D eigenvalue weighted by atomic mass is 35.5. The fourth-order valence-corrected chi connectivity index (χ4v) is 3.08. The van der Waals surface area contributed by atoms with Crippen molar-refractivity contribution in [1.29, 1.82) is 0 Å². The van der Waals surface area contributed by atoms with Gasteiger partial charge in [0, 0.05) is 24.5 Å². The summed E-state index contributed by atoms with van der Waals surface area (Å²) in [5.74, 6) is 0.645. The van der Waals surface area contributed by atoms with Crippen LogP contribution in [0, 0.1) is 11.8 Å². The Morgan fingerprint density at radius 3 is 2.84 bits per heavy atom. The lowest BCUT2D eigenvalue weighted by Gasteiger charge is -2.25. The van der Waals surface area contributed by atoms with Gasteiger partial charge in [-0.05, 0) is 36.9 Å². The van der Waals surface area contributed by atoms with E-state index in [4.69, 9.17) is 17.3 Å². The number of benzene rings is 1. The van der Waals surface area contributed by atoms with E-state index in [2.05, 4.69) is 0 Å². The molecule has 1 fully saturated rings. The first-order chi connectivity index (χ1) is 9.13. The zero-order chi connectivity index (χ0) is 13.8. The molecule has 0 saturated heterocycles. The lowest BCUT2D eigenvalue weighted by Crippen LogP contribution is -2.36. The molecule has 0 heterocycles. The Morgan fingerprint density at radius 2 is 2.16 bits per heavy atom. The van der Waals surface area contributed by atoms with E-state index in [0.29, 0.717) is 24.0 Å². The molecule has 2 N–H and O–H groups in total. The summed E-state index contributed by atoms with van der Waals surface area (Å²) >= 11 is 6.13. The third-order valence-corrected chi connectivity index (χ3v) is 4.39. The average Bonchev–Trinajstić information content (AvgIpc) is 2.88. The Hall–Kier alpha value is -1.06. The van der Waals surface area contributed by atoms with Crippen LogP contribution < -0.4 is 5.73 Å². The van der Waals surface area contributed by atoms with Crippen molar-refractivity contribution < 1.29 is 4.79 Å². The minimum Gasteiger partial charge on any atom is -0.341 e. The molecular weight excluding hydrogens is 260 g/mol. The van der Waals surface area contributed by atoms with E-state index in [9.17, 15) is 4.79 Å². The van der Waals surface area contributed by atoms with Gasteiger partial charge in [0.15, 0.2) is 0 Å². The summed E-state index contributed by atoms with van der Waals surface area (Å²) in [6.07, 6.45) is 3.15. The van der Waals surface area contributed by atoms with Gasteiger partial charge in [-0.25, -0.2) is 0 Å². The van der Waals surface area contributed by atoms with Crippen LogP contribution in [0.15, 0.2) is 24.3 Å². The Kier molecular flexibility index (Phi) is 4.83. The summed E-state index contributed by atoms with van der Waals surface area (Å²) in [6, 6.07) is 7.65. The maximum Gasteiger partial charge on any atom is 0.226 e. The second-order valence-corrected chi connectivity index (χ2v) is 5.73. The van der Waals surface area contributed by atoms with Crippen molar-refractivity contribution in [2.45, 2.75) is 25.8 Å². The second-order valence-electron chi connectivity index (χ2n) is 5.32. The van der Waals surface area contributed by atoms with Crippen LogP contribution >= 0.6 is 11.6 Å². The van der Waals surface area contributed by atoms with E-state index >= 15 is 0 Å². The number of carbonyl (C=O) groups excluding carboxylic acids is 1. The van der Waals surface area contributed by atoms with Crippen molar-refractivity contribution >= 4 is 17.5 Å². The second kappa shape index (κ2) is 6.40. The summed E-state index contributed by atoms with van der Waals surface area (Å²) in [5.41, 5.74) is 6.74. The minimum absolute atomic E-state index is 0.0949.